The Morgan fingerprint density at radius 2 is 1.85 bits per heavy atom. The van der Waals surface area contributed by atoms with Gasteiger partial charge in [-0.2, -0.15) is 0 Å². The summed E-state index contributed by atoms with van der Waals surface area (Å²) in [5, 5.41) is 8.98. The van der Waals surface area contributed by atoms with Crippen molar-refractivity contribution in [3.8, 4) is 0 Å². The molecule has 1 atom stereocenters. The van der Waals surface area contributed by atoms with Gasteiger partial charge in [0, 0.05) is 17.8 Å². The Bertz CT molecular complexity index is 825. The van der Waals surface area contributed by atoms with Crippen LogP contribution in [0.25, 0.3) is 0 Å². The van der Waals surface area contributed by atoms with Gasteiger partial charge in [0.2, 0.25) is 0 Å². The topological polar surface area (TPSA) is 40.5 Å². The number of allylic oxidation sites excluding steroid dienone is 1. The second-order valence-electron chi connectivity index (χ2n) is 7.32. The number of rotatable bonds is 5. The van der Waals surface area contributed by atoms with Crippen molar-refractivity contribution in [3.63, 3.8) is 0 Å². The highest BCUT2D eigenvalue weighted by Crippen LogP contribution is 2.47. The number of benzene rings is 2. The highest BCUT2D eigenvalue weighted by molar-refractivity contribution is 5.67. The minimum absolute atomic E-state index is 0.180. The van der Waals surface area contributed by atoms with Crippen LogP contribution in [0.1, 0.15) is 55.7 Å². The molecule has 4 rings (SSSR count). The molecular formula is C23H25NO2. The average Bonchev–Trinajstić information content (AvgIpc) is 3.07. The van der Waals surface area contributed by atoms with Crippen LogP contribution < -0.4 is 4.90 Å². The summed E-state index contributed by atoms with van der Waals surface area (Å²) in [6.45, 7) is 0. The van der Waals surface area contributed by atoms with Crippen LogP contribution in [0.3, 0.4) is 0 Å². The average molecular weight is 347 g/mol. The third-order valence-electron chi connectivity index (χ3n) is 5.59. The number of hydrogen-bond acceptors (Lipinski definition) is 2. The summed E-state index contributed by atoms with van der Waals surface area (Å²) in [6, 6.07) is 19.6. The van der Waals surface area contributed by atoms with Crippen molar-refractivity contribution in [1.29, 1.82) is 0 Å². The van der Waals surface area contributed by atoms with E-state index in [1.807, 2.05) is 6.07 Å². The molecule has 134 valence electrons. The largest absolute Gasteiger partial charge is 0.481 e. The van der Waals surface area contributed by atoms with Gasteiger partial charge < -0.3 is 10.0 Å². The molecular weight excluding hydrogens is 322 g/mol. The molecule has 0 bridgehead atoms. The number of aliphatic carboxylic acids is 1. The maximum absolute atomic E-state index is 10.9. The Morgan fingerprint density at radius 3 is 2.65 bits per heavy atom. The van der Waals surface area contributed by atoms with E-state index in [1.165, 1.54) is 36.2 Å². The number of hydrogen-bond donors (Lipinski definition) is 1. The van der Waals surface area contributed by atoms with Gasteiger partial charge >= 0.3 is 5.97 Å². The van der Waals surface area contributed by atoms with Gasteiger partial charge in [0.05, 0.1) is 6.04 Å². The predicted molar refractivity (Wildman–Crippen MR) is 104 cm³/mol. The Labute approximate surface area is 155 Å². The summed E-state index contributed by atoms with van der Waals surface area (Å²) in [5.41, 5.74) is 6.77. The first-order chi connectivity index (χ1) is 12.7. The zero-order valence-corrected chi connectivity index (χ0v) is 15.0. The van der Waals surface area contributed by atoms with Crippen molar-refractivity contribution in [2.45, 2.75) is 51.0 Å². The number of anilines is 1. The molecule has 1 heterocycles. The minimum atomic E-state index is -0.740. The van der Waals surface area contributed by atoms with Crippen LogP contribution in [-0.2, 0) is 11.2 Å². The molecule has 1 unspecified atom stereocenters. The Balaban J connectivity index is 1.69. The molecule has 3 nitrogen and oxygen atoms in total. The molecule has 0 fully saturated rings. The molecule has 0 spiro atoms. The lowest BCUT2D eigenvalue weighted by atomic mass is 9.94. The third kappa shape index (κ3) is 3.39. The molecule has 0 saturated carbocycles. The number of carbonyl (C=O) groups is 1. The zero-order chi connectivity index (χ0) is 17.9. The van der Waals surface area contributed by atoms with E-state index in [2.05, 4.69) is 53.4 Å². The van der Waals surface area contributed by atoms with Gasteiger partial charge in [-0.15, -0.1) is 0 Å². The number of carboxylic acids is 1. The fourth-order valence-electron chi connectivity index (χ4n) is 4.37. The molecule has 2 aromatic carbocycles. The van der Waals surface area contributed by atoms with Crippen molar-refractivity contribution >= 4 is 11.7 Å². The van der Waals surface area contributed by atoms with Gasteiger partial charge in [-0.3, -0.25) is 4.79 Å². The quantitative estimate of drug-likeness (QED) is 0.778. The normalized spacial score (nSPS) is 19.5. The second kappa shape index (κ2) is 7.36. The van der Waals surface area contributed by atoms with Crippen LogP contribution in [0.5, 0.6) is 0 Å². The molecule has 26 heavy (non-hydrogen) atoms. The van der Waals surface area contributed by atoms with Gasteiger partial charge in [-0.25, -0.2) is 0 Å². The number of nitrogens with zero attached hydrogens (tertiary/aromatic N) is 1. The summed E-state index contributed by atoms with van der Waals surface area (Å²) in [4.78, 5) is 13.4. The molecule has 0 aromatic heterocycles. The Kier molecular flexibility index (Phi) is 4.79. The molecule has 0 amide bonds. The smallest absolute Gasteiger partial charge is 0.303 e. The van der Waals surface area contributed by atoms with Crippen LogP contribution in [-0.4, -0.2) is 11.1 Å². The standard InChI is InChI=1S/C23H25NO2/c25-23(26)14-13-17-7-6-11-20(15-17)24-21-12-5-4-10-19(21)16-22(24)18-8-2-1-3-9-18/h1-3,6-9,11,15,22H,4-5,10,12-14,16H2,(H,25,26). The van der Waals surface area contributed by atoms with E-state index in [0.717, 1.165) is 18.4 Å². The summed E-state index contributed by atoms with van der Waals surface area (Å²) in [6.07, 6.45) is 6.80. The molecule has 3 heteroatoms. The summed E-state index contributed by atoms with van der Waals surface area (Å²) < 4.78 is 0. The Hall–Kier alpha value is -2.55. The molecule has 0 saturated heterocycles. The number of aryl methyl sites for hydroxylation is 1. The van der Waals surface area contributed by atoms with E-state index in [0.29, 0.717) is 12.5 Å². The lowest BCUT2D eigenvalue weighted by molar-refractivity contribution is -0.136. The first-order valence-corrected chi connectivity index (χ1v) is 9.58. The van der Waals surface area contributed by atoms with Gasteiger partial charge in [-0.05, 0) is 67.4 Å². The highest BCUT2D eigenvalue weighted by Gasteiger charge is 2.34. The maximum atomic E-state index is 10.9. The summed E-state index contributed by atoms with van der Waals surface area (Å²) in [5.74, 6) is -0.740. The van der Waals surface area contributed by atoms with Gasteiger partial charge in [0.25, 0.3) is 0 Å². The third-order valence-corrected chi connectivity index (χ3v) is 5.59. The van der Waals surface area contributed by atoms with E-state index < -0.39 is 5.97 Å². The van der Waals surface area contributed by atoms with Gasteiger partial charge in [0.15, 0.2) is 0 Å². The molecule has 2 aromatic rings. The van der Waals surface area contributed by atoms with Crippen LogP contribution >= 0.6 is 0 Å². The summed E-state index contributed by atoms with van der Waals surface area (Å²) in [7, 11) is 0. The minimum Gasteiger partial charge on any atom is -0.481 e. The van der Waals surface area contributed by atoms with Crippen LogP contribution in [0, 0.1) is 0 Å². The van der Waals surface area contributed by atoms with Crippen molar-refractivity contribution in [2.75, 3.05) is 4.90 Å². The van der Waals surface area contributed by atoms with Gasteiger partial charge in [-0.1, -0.05) is 42.5 Å². The molecule has 1 aliphatic heterocycles. The SMILES string of the molecule is O=C(O)CCc1cccc(N2C3=C(CCCC3)CC2c2ccccc2)c1. The van der Waals surface area contributed by atoms with Crippen LogP contribution in [0.4, 0.5) is 5.69 Å². The number of carboxylic acid groups (broad SMARTS) is 1. The molecule has 2 aliphatic rings. The predicted octanol–water partition coefficient (Wildman–Crippen LogP) is 5.48. The molecule has 0 radical (unpaired) electrons. The van der Waals surface area contributed by atoms with E-state index >= 15 is 0 Å². The van der Waals surface area contributed by atoms with Crippen LogP contribution in [0.2, 0.25) is 0 Å². The fourth-order valence-corrected chi connectivity index (χ4v) is 4.37. The molecule has 1 aliphatic carbocycles. The lowest BCUT2D eigenvalue weighted by Crippen LogP contribution is -2.23. The zero-order valence-electron chi connectivity index (χ0n) is 15.0. The first-order valence-electron chi connectivity index (χ1n) is 9.58. The van der Waals surface area contributed by atoms with Crippen molar-refractivity contribution in [1.82, 2.24) is 0 Å². The first kappa shape index (κ1) is 16.9. The Morgan fingerprint density at radius 1 is 1.04 bits per heavy atom. The van der Waals surface area contributed by atoms with Crippen LogP contribution in [0.15, 0.2) is 65.9 Å². The maximum Gasteiger partial charge on any atom is 0.303 e. The molecule has 1 N–H and O–H groups in total. The van der Waals surface area contributed by atoms with Crippen molar-refractivity contribution < 1.29 is 9.90 Å². The van der Waals surface area contributed by atoms with Crippen molar-refractivity contribution in [3.05, 3.63) is 77.0 Å². The second-order valence-corrected chi connectivity index (χ2v) is 7.32. The monoisotopic (exact) mass is 347 g/mol. The lowest BCUT2D eigenvalue weighted by Gasteiger charge is -2.31. The van der Waals surface area contributed by atoms with E-state index in [4.69, 9.17) is 5.11 Å². The van der Waals surface area contributed by atoms with E-state index in [1.54, 1.807) is 5.57 Å². The van der Waals surface area contributed by atoms with Crippen molar-refractivity contribution in [2.24, 2.45) is 0 Å². The summed E-state index contributed by atoms with van der Waals surface area (Å²) >= 11 is 0. The van der Waals surface area contributed by atoms with E-state index in [-0.39, 0.29) is 6.42 Å². The highest BCUT2D eigenvalue weighted by atomic mass is 16.4. The fraction of sp³-hybridized carbons (Fsp3) is 0.348. The van der Waals surface area contributed by atoms with Gasteiger partial charge in [0.1, 0.15) is 0 Å². The van der Waals surface area contributed by atoms with E-state index in [9.17, 15) is 4.79 Å².